The summed E-state index contributed by atoms with van der Waals surface area (Å²) in [4.78, 5) is 24.5. The zero-order valence-electron chi connectivity index (χ0n) is 16.1. The van der Waals surface area contributed by atoms with E-state index in [4.69, 9.17) is 9.47 Å². The molecule has 0 heterocycles. The number of rotatable bonds is 8. The van der Waals surface area contributed by atoms with Crippen LogP contribution in [-0.2, 0) is 27.3 Å². The van der Waals surface area contributed by atoms with Crippen LogP contribution in [-0.4, -0.2) is 25.2 Å². The first-order valence-electron chi connectivity index (χ1n) is 9.03. The van der Waals surface area contributed by atoms with E-state index in [1.807, 2.05) is 60.7 Å². The third-order valence-corrected chi connectivity index (χ3v) is 4.65. The Bertz CT molecular complexity index is 728. The van der Waals surface area contributed by atoms with Crippen molar-refractivity contribution in [3.63, 3.8) is 0 Å². The van der Waals surface area contributed by atoms with Gasteiger partial charge in [-0.15, -0.1) is 0 Å². The molecule has 2 rings (SSSR count). The summed E-state index contributed by atoms with van der Waals surface area (Å²) in [6.45, 7) is 3.72. The van der Waals surface area contributed by atoms with Gasteiger partial charge in [-0.25, -0.2) is 4.79 Å². The molecule has 0 aliphatic carbocycles. The number of ether oxygens (including phenoxy) is 2. The van der Waals surface area contributed by atoms with Crippen molar-refractivity contribution in [3.05, 3.63) is 71.8 Å². The van der Waals surface area contributed by atoms with Gasteiger partial charge in [-0.05, 0) is 37.8 Å². The maximum Gasteiger partial charge on any atom is 0.407 e. The molecule has 144 valence electrons. The molecule has 0 aromatic heterocycles. The van der Waals surface area contributed by atoms with Crippen LogP contribution in [0.25, 0.3) is 0 Å². The van der Waals surface area contributed by atoms with Gasteiger partial charge < -0.3 is 14.8 Å². The Morgan fingerprint density at radius 2 is 1.52 bits per heavy atom. The summed E-state index contributed by atoms with van der Waals surface area (Å²) in [5.74, 6) is -0.371. The fourth-order valence-electron chi connectivity index (χ4n) is 2.88. The van der Waals surface area contributed by atoms with Crippen LogP contribution < -0.4 is 5.32 Å². The minimum atomic E-state index is -0.880. The van der Waals surface area contributed by atoms with Crippen LogP contribution in [0.5, 0.6) is 0 Å². The van der Waals surface area contributed by atoms with E-state index in [9.17, 15) is 9.59 Å². The van der Waals surface area contributed by atoms with E-state index in [0.29, 0.717) is 6.42 Å². The van der Waals surface area contributed by atoms with Crippen LogP contribution in [0, 0.1) is 5.41 Å². The molecule has 0 fully saturated rings. The monoisotopic (exact) mass is 369 g/mol. The molecule has 0 saturated heterocycles. The molecule has 0 aliphatic rings. The molecule has 0 spiro atoms. The average Bonchev–Trinajstić information content (AvgIpc) is 2.70. The molecular weight excluding hydrogens is 342 g/mol. The highest BCUT2D eigenvalue weighted by atomic mass is 16.5. The molecule has 27 heavy (non-hydrogen) atoms. The molecule has 0 bridgehead atoms. The van der Waals surface area contributed by atoms with Gasteiger partial charge in [-0.2, -0.15) is 0 Å². The number of hydrogen-bond acceptors (Lipinski definition) is 4. The van der Waals surface area contributed by atoms with E-state index >= 15 is 0 Å². The number of nitrogens with one attached hydrogen (secondary N) is 1. The number of amides is 1. The summed E-state index contributed by atoms with van der Waals surface area (Å²) in [6, 6.07) is 19.0. The van der Waals surface area contributed by atoms with Crippen LogP contribution in [0.15, 0.2) is 60.7 Å². The van der Waals surface area contributed by atoms with E-state index in [0.717, 1.165) is 17.5 Å². The molecule has 1 unspecified atom stereocenters. The Labute approximate surface area is 160 Å². The Kier molecular flexibility index (Phi) is 7.41. The fourth-order valence-corrected chi connectivity index (χ4v) is 2.88. The first-order chi connectivity index (χ1) is 12.9. The molecule has 2 aromatic carbocycles. The Morgan fingerprint density at radius 3 is 2.07 bits per heavy atom. The van der Waals surface area contributed by atoms with Gasteiger partial charge >= 0.3 is 12.1 Å². The van der Waals surface area contributed by atoms with Crippen molar-refractivity contribution in [2.24, 2.45) is 5.41 Å². The third kappa shape index (κ3) is 6.13. The van der Waals surface area contributed by atoms with Gasteiger partial charge in [0.05, 0.1) is 12.5 Å². The normalized spacial score (nSPS) is 12.1. The highest BCUT2D eigenvalue weighted by Gasteiger charge is 2.39. The lowest BCUT2D eigenvalue weighted by Crippen LogP contribution is -2.49. The second-order valence-electron chi connectivity index (χ2n) is 7.00. The number of alkyl carbamates (subject to hydrolysis) is 1. The second-order valence-corrected chi connectivity index (χ2v) is 7.00. The minimum absolute atomic E-state index is 0.177. The predicted octanol–water partition coefficient (Wildman–Crippen LogP) is 4.11. The van der Waals surface area contributed by atoms with Crippen LogP contribution in [0.1, 0.15) is 31.4 Å². The topological polar surface area (TPSA) is 64.6 Å². The molecule has 0 radical (unpaired) electrons. The highest BCUT2D eigenvalue weighted by Crippen LogP contribution is 2.26. The third-order valence-electron chi connectivity index (χ3n) is 4.65. The van der Waals surface area contributed by atoms with Crippen molar-refractivity contribution in [1.82, 2.24) is 5.32 Å². The van der Waals surface area contributed by atoms with Crippen LogP contribution >= 0.6 is 0 Å². The molecule has 0 saturated carbocycles. The number of esters is 1. The molecule has 1 atom stereocenters. The van der Waals surface area contributed by atoms with Crippen LogP contribution in [0.4, 0.5) is 4.79 Å². The number of carbonyl (C=O) groups excluding carboxylic acids is 2. The van der Waals surface area contributed by atoms with Crippen molar-refractivity contribution in [1.29, 1.82) is 0 Å². The number of aryl methyl sites for hydroxylation is 1. The molecule has 2 aromatic rings. The Hall–Kier alpha value is -2.82. The fraction of sp³-hybridized carbons (Fsp3) is 0.364. The second kappa shape index (κ2) is 9.76. The van der Waals surface area contributed by atoms with E-state index in [1.165, 1.54) is 7.11 Å². The average molecular weight is 369 g/mol. The lowest BCUT2D eigenvalue weighted by Gasteiger charge is -2.32. The van der Waals surface area contributed by atoms with Crippen LogP contribution in [0.2, 0.25) is 0 Å². The lowest BCUT2D eigenvalue weighted by molar-refractivity contribution is -0.152. The van der Waals surface area contributed by atoms with Crippen molar-refractivity contribution >= 4 is 12.1 Å². The maximum atomic E-state index is 12.3. The quantitative estimate of drug-likeness (QED) is 0.711. The van der Waals surface area contributed by atoms with Crippen molar-refractivity contribution in [2.75, 3.05) is 7.11 Å². The van der Waals surface area contributed by atoms with Gasteiger partial charge in [0, 0.05) is 6.04 Å². The lowest BCUT2D eigenvalue weighted by atomic mass is 9.81. The summed E-state index contributed by atoms with van der Waals surface area (Å²) in [5.41, 5.74) is 1.17. The summed E-state index contributed by atoms with van der Waals surface area (Å²) in [6.07, 6.45) is 0.770. The minimum Gasteiger partial charge on any atom is -0.469 e. The number of hydrogen-bond donors (Lipinski definition) is 1. The molecule has 0 aliphatic heterocycles. The smallest absolute Gasteiger partial charge is 0.407 e. The zero-order chi connectivity index (χ0) is 19.7. The summed E-state index contributed by atoms with van der Waals surface area (Å²) in [7, 11) is 1.35. The van der Waals surface area contributed by atoms with Gasteiger partial charge in [0.1, 0.15) is 6.61 Å². The zero-order valence-corrected chi connectivity index (χ0v) is 16.1. The van der Waals surface area contributed by atoms with Crippen LogP contribution in [0.3, 0.4) is 0 Å². The van der Waals surface area contributed by atoms with Crippen molar-refractivity contribution in [2.45, 2.75) is 39.3 Å². The predicted molar refractivity (Wildman–Crippen MR) is 104 cm³/mol. The summed E-state index contributed by atoms with van der Waals surface area (Å²) >= 11 is 0. The highest BCUT2D eigenvalue weighted by molar-refractivity contribution is 5.78. The van der Waals surface area contributed by atoms with Gasteiger partial charge in [-0.1, -0.05) is 60.7 Å². The van der Waals surface area contributed by atoms with E-state index in [-0.39, 0.29) is 12.6 Å². The molecular formula is C22H27NO4. The van der Waals surface area contributed by atoms with E-state index in [1.54, 1.807) is 13.8 Å². The SMILES string of the molecule is COC(=O)C(C)(C)C(CCc1ccccc1)NC(=O)OCc1ccccc1. The number of benzene rings is 2. The summed E-state index contributed by atoms with van der Waals surface area (Å²) < 4.78 is 10.2. The van der Waals surface area contributed by atoms with Gasteiger partial charge in [0.15, 0.2) is 0 Å². The number of methoxy groups -OCH3 is 1. The molecule has 1 amide bonds. The van der Waals surface area contributed by atoms with E-state index < -0.39 is 17.6 Å². The summed E-state index contributed by atoms with van der Waals surface area (Å²) in [5, 5.41) is 2.85. The largest absolute Gasteiger partial charge is 0.469 e. The molecule has 5 nitrogen and oxygen atoms in total. The van der Waals surface area contributed by atoms with Gasteiger partial charge in [0.2, 0.25) is 0 Å². The van der Waals surface area contributed by atoms with E-state index in [2.05, 4.69) is 5.32 Å². The number of carbonyl (C=O) groups is 2. The van der Waals surface area contributed by atoms with Crippen molar-refractivity contribution < 1.29 is 19.1 Å². The standard InChI is InChI=1S/C22H27NO4/c1-22(2,20(24)26-3)19(15-14-17-10-6-4-7-11-17)23-21(25)27-16-18-12-8-5-9-13-18/h4-13,19H,14-16H2,1-3H3,(H,23,25). The van der Waals surface area contributed by atoms with Gasteiger partial charge in [0.25, 0.3) is 0 Å². The van der Waals surface area contributed by atoms with Gasteiger partial charge in [-0.3, -0.25) is 4.79 Å². The van der Waals surface area contributed by atoms with Crippen molar-refractivity contribution in [3.8, 4) is 0 Å². The molecule has 1 N–H and O–H groups in total. The molecule has 5 heteroatoms. The Balaban J connectivity index is 2.02. The first kappa shape index (κ1) is 20.5. The Morgan fingerprint density at radius 1 is 0.963 bits per heavy atom. The maximum absolute atomic E-state index is 12.3. The first-order valence-corrected chi connectivity index (χ1v) is 9.03.